The molecule has 0 N–H and O–H groups in total. The minimum Gasteiger partial charge on any atom is -0.346 e. The first kappa shape index (κ1) is 11.5. The van der Waals surface area contributed by atoms with Crippen molar-refractivity contribution in [3.63, 3.8) is 0 Å². The molecule has 78 valence electrons. The molecule has 5 heteroatoms. The van der Waals surface area contributed by atoms with Gasteiger partial charge in [-0.25, -0.2) is 4.98 Å². The Kier molecular flexibility index (Phi) is 4.35. The molecule has 0 bridgehead atoms. The van der Waals surface area contributed by atoms with E-state index < -0.39 is 0 Å². The third kappa shape index (κ3) is 2.96. The summed E-state index contributed by atoms with van der Waals surface area (Å²) in [7, 11) is 1.79. The van der Waals surface area contributed by atoms with E-state index in [9.17, 15) is 4.79 Å². The number of halogens is 1. The molecule has 1 heterocycles. The van der Waals surface area contributed by atoms with Crippen LogP contribution in [0.4, 0.5) is 0 Å². The van der Waals surface area contributed by atoms with Gasteiger partial charge < -0.3 is 4.90 Å². The quantitative estimate of drug-likeness (QED) is 0.743. The lowest BCUT2D eigenvalue weighted by Gasteiger charge is -2.12. The van der Waals surface area contributed by atoms with Crippen LogP contribution in [0.25, 0.3) is 0 Å². The summed E-state index contributed by atoms with van der Waals surface area (Å²) in [6.45, 7) is 2.68. The molecular weight excluding hydrogens is 220 g/mol. The number of amides is 1. The van der Waals surface area contributed by atoms with Gasteiger partial charge in [-0.2, -0.15) is 0 Å². The van der Waals surface area contributed by atoms with Gasteiger partial charge in [0, 0.05) is 19.0 Å². The van der Waals surface area contributed by atoms with Crippen LogP contribution in [0.2, 0.25) is 0 Å². The van der Waals surface area contributed by atoms with Crippen molar-refractivity contribution in [1.29, 1.82) is 0 Å². The normalized spacial score (nSPS) is 10.2. The van der Waals surface area contributed by atoms with E-state index in [0.717, 1.165) is 17.2 Å². The highest BCUT2D eigenvalue weighted by Crippen LogP contribution is 2.12. The Bertz CT molecular complexity index is 314. The number of carbonyl (C=O) groups is 1. The van der Waals surface area contributed by atoms with Crippen LogP contribution in [-0.2, 0) is 17.1 Å². The van der Waals surface area contributed by atoms with Gasteiger partial charge in [0.1, 0.15) is 5.01 Å². The summed E-state index contributed by atoms with van der Waals surface area (Å²) < 4.78 is 0. The van der Waals surface area contributed by atoms with Gasteiger partial charge in [-0.3, -0.25) is 4.79 Å². The van der Waals surface area contributed by atoms with Gasteiger partial charge in [-0.05, 0) is 6.92 Å². The SMILES string of the molecule is CCN(C)C(=O)Cc1nc(CCl)cs1. The van der Waals surface area contributed by atoms with Crippen LogP contribution in [0.5, 0.6) is 0 Å². The van der Waals surface area contributed by atoms with E-state index in [1.165, 1.54) is 11.3 Å². The van der Waals surface area contributed by atoms with Gasteiger partial charge in [-0.1, -0.05) is 0 Å². The van der Waals surface area contributed by atoms with Crippen LogP contribution in [0, 0.1) is 0 Å². The molecule has 0 aliphatic carbocycles. The Morgan fingerprint density at radius 1 is 1.71 bits per heavy atom. The van der Waals surface area contributed by atoms with Crippen LogP contribution < -0.4 is 0 Å². The molecule has 0 spiro atoms. The number of aromatic nitrogens is 1. The number of hydrogen-bond donors (Lipinski definition) is 0. The molecule has 1 amide bonds. The zero-order valence-corrected chi connectivity index (χ0v) is 9.86. The summed E-state index contributed by atoms with van der Waals surface area (Å²) >= 11 is 7.10. The van der Waals surface area contributed by atoms with E-state index in [4.69, 9.17) is 11.6 Å². The molecule has 0 saturated carbocycles. The molecule has 0 aliphatic heterocycles. The zero-order valence-electron chi connectivity index (χ0n) is 8.29. The smallest absolute Gasteiger partial charge is 0.229 e. The van der Waals surface area contributed by atoms with Gasteiger partial charge in [0.25, 0.3) is 0 Å². The summed E-state index contributed by atoms with van der Waals surface area (Å²) in [4.78, 5) is 17.4. The van der Waals surface area contributed by atoms with E-state index in [-0.39, 0.29) is 5.91 Å². The molecule has 0 saturated heterocycles. The van der Waals surface area contributed by atoms with Gasteiger partial charge >= 0.3 is 0 Å². The lowest BCUT2D eigenvalue weighted by Crippen LogP contribution is -2.27. The van der Waals surface area contributed by atoms with Crippen LogP contribution in [0.1, 0.15) is 17.6 Å². The zero-order chi connectivity index (χ0) is 10.6. The molecule has 1 aromatic heterocycles. The highest BCUT2D eigenvalue weighted by molar-refractivity contribution is 7.09. The molecule has 14 heavy (non-hydrogen) atoms. The van der Waals surface area contributed by atoms with Crippen LogP contribution in [-0.4, -0.2) is 29.4 Å². The van der Waals surface area contributed by atoms with Crippen LogP contribution >= 0.6 is 22.9 Å². The number of carbonyl (C=O) groups excluding carboxylic acids is 1. The van der Waals surface area contributed by atoms with Gasteiger partial charge in [0.2, 0.25) is 5.91 Å². The van der Waals surface area contributed by atoms with Gasteiger partial charge in [0.05, 0.1) is 18.0 Å². The number of alkyl halides is 1. The molecule has 0 unspecified atom stereocenters. The van der Waals surface area contributed by atoms with Gasteiger partial charge in [-0.15, -0.1) is 22.9 Å². The minimum atomic E-state index is 0.1000. The van der Waals surface area contributed by atoms with Crippen molar-refractivity contribution in [3.05, 3.63) is 16.1 Å². The average Bonchev–Trinajstić information content (AvgIpc) is 2.64. The molecule has 0 aliphatic rings. The number of hydrogen-bond acceptors (Lipinski definition) is 3. The fraction of sp³-hybridized carbons (Fsp3) is 0.556. The second-order valence-corrected chi connectivity index (χ2v) is 4.16. The first-order valence-electron chi connectivity index (χ1n) is 4.40. The maximum atomic E-state index is 11.5. The van der Waals surface area contributed by atoms with E-state index in [0.29, 0.717) is 12.3 Å². The number of rotatable bonds is 4. The molecule has 0 radical (unpaired) electrons. The molecular formula is C9H13ClN2OS. The lowest BCUT2D eigenvalue weighted by molar-refractivity contribution is -0.128. The van der Waals surface area contributed by atoms with Crippen molar-refractivity contribution < 1.29 is 4.79 Å². The van der Waals surface area contributed by atoms with E-state index in [1.54, 1.807) is 11.9 Å². The van der Waals surface area contributed by atoms with Crippen molar-refractivity contribution in [2.45, 2.75) is 19.2 Å². The summed E-state index contributed by atoms with van der Waals surface area (Å²) in [5, 5.41) is 2.73. The van der Waals surface area contributed by atoms with Crippen molar-refractivity contribution >= 4 is 28.8 Å². The van der Waals surface area contributed by atoms with Crippen molar-refractivity contribution in [1.82, 2.24) is 9.88 Å². The van der Waals surface area contributed by atoms with Crippen molar-refractivity contribution in [2.24, 2.45) is 0 Å². The standard InChI is InChI=1S/C9H13ClN2OS/c1-3-12(2)9(13)4-8-11-7(5-10)6-14-8/h6H,3-5H2,1-2H3. The Morgan fingerprint density at radius 3 is 2.93 bits per heavy atom. The number of nitrogens with zero attached hydrogens (tertiary/aromatic N) is 2. The molecule has 1 rings (SSSR count). The van der Waals surface area contributed by atoms with Crippen LogP contribution in [0.3, 0.4) is 0 Å². The predicted octanol–water partition coefficient (Wildman–Crippen LogP) is 1.90. The topological polar surface area (TPSA) is 33.2 Å². The predicted molar refractivity (Wildman–Crippen MR) is 58.7 cm³/mol. The largest absolute Gasteiger partial charge is 0.346 e. The second kappa shape index (κ2) is 5.32. The summed E-state index contributed by atoms with van der Waals surface area (Å²) in [6.07, 6.45) is 0.381. The molecule has 1 aromatic rings. The van der Waals surface area contributed by atoms with E-state index >= 15 is 0 Å². The summed E-state index contributed by atoms with van der Waals surface area (Å²) in [5.74, 6) is 0.511. The fourth-order valence-electron chi connectivity index (χ4n) is 0.932. The molecule has 0 fully saturated rings. The first-order chi connectivity index (χ1) is 6.67. The first-order valence-corrected chi connectivity index (χ1v) is 5.82. The fourth-order valence-corrected chi connectivity index (χ4v) is 1.95. The molecule has 0 atom stereocenters. The summed E-state index contributed by atoms with van der Waals surface area (Å²) in [6, 6.07) is 0. The lowest BCUT2D eigenvalue weighted by atomic mass is 10.4. The minimum absolute atomic E-state index is 0.1000. The highest BCUT2D eigenvalue weighted by atomic mass is 35.5. The third-order valence-electron chi connectivity index (χ3n) is 1.94. The summed E-state index contributed by atoms with van der Waals surface area (Å²) in [5.41, 5.74) is 0.846. The van der Waals surface area contributed by atoms with Crippen molar-refractivity contribution in [2.75, 3.05) is 13.6 Å². The Morgan fingerprint density at radius 2 is 2.43 bits per heavy atom. The maximum absolute atomic E-state index is 11.5. The molecule has 0 aromatic carbocycles. The maximum Gasteiger partial charge on any atom is 0.229 e. The van der Waals surface area contributed by atoms with E-state index in [2.05, 4.69) is 4.98 Å². The number of thiazole rings is 1. The third-order valence-corrected chi connectivity index (χ3v) is 3.11. The van der Waals surface area contributed by atoms with Gasteiger partial charge in [0.15, 0.2) is 0 Å². The molecule has 3 nitrogen and oxygen atoms in total. The van der Waals surface area contributed by atoms with Crippen LogP contribution in [0.15, 0.2) is 5.38 Å². The highest BCUT2D eigenvalue weighted by Gasteiger charge is 2.10. The average molecular weight is 233 g/mol. The Labute approximate surface area is 92.7 Å². The van der Waals surface area contributed by atoms with Crippen molar-refractivity contribution in [3.8, 4) is 0 Å². The second-order valence-electron chi connectivity index (χ2n) is 2.95. The Hall–Kier alpha value is -0.610. The van der Waals surface area contributed by atoms with E-state index in [1.807, 2.05) is 12.3 Å². The Balaban J connectivity index is 2.56. The number of likely N-dealkylation sites (N-methyl/N-ethyl adjacent to an activating group) is 1. The monoisotopic (exact) mass is 232 g/mol.